The van der Waals surface area contributed by atoms with Gasteiger partial charge < -0.3 is 20.9 Å². The van der Waals surface area contributed by atoms with E-state index in [1.54, 1.807) is 4.90 Å². The van der Waals surface area contributed by atoms with Crippen LogP contribution in [0.2, 0.25) is 5.02 Å². The van der Waals surface area contributed by atoms with Gasteiger partial charge in [-0.3, -0.25) is 19.2 Å². The summed E-state index contributed by atoms with van der Waals surface area (Å²) in [4.78, 5) is 54.9. The fourth-order valence-electron chi connectivity index (χ4n) is 7.04. The molecule has 2 saturated carbocycles. The molecule has 9 nitrogen and oxygen atoms in total. The molecule has 8 atom stereocenters. The lowest BCUT2D eigenvalue weighted by atomic mass is 9.85. The van der Waals surface area contributed by atoms with Gasteiger partial charge >= 0.3 is 0 Å². The fourth-order valence-corrected chi connectivity index (χ4v) is 7.31. The van der Waals surface area contributed by atoms with Gasteiger partial charge in [0, 0.05) is 29.9 Å². The molecular formula is C31H40ClN5O4. The van der Waals surface area contributed by atoms with E-state index < -0.39 is 23.5 Å². The highest BCUT2D eigenvalue weighted by molar-refractivity contribution is 6.31. The SMILES string of the molecule is CC(C)(C)C(NC(=O)C1CC1c1ccccc1Cl)C(=O)N1CC2C(C1C(=O)NC(C#N)CC1CCNC1=O)C2(C)C. The summed E-state index contributed by atoms with van der Waals surface area (Å²) in [5, 5.41) is 19.0. The van der Waals surface area contributed by atoms with E-state index in [0.29, 0.717) is 31.0 Å². The monoisotopic (exact) mass is 581 g/mol. The van der Waals surface area contributed by atoms with Crippen LogP contribution in [-0.4, -0.2) is 59.7 Å². The third-order valence-electron chi connectivity index (χ3n) is 9.75. The van der Waals surface area contributed by atoms with E-state index in [2.05, 4.69) is 35.9 Å². The molecule has 3 N–H and O–H groups in total. The average Bonchev–Trinajstić information content (AvgIpc) is 3.65. The number of nitriles is 1. The predicted molar refractivity (Wildman–Crippen MR) is 153 cm³/mol. The smallest absolute Gasteiger partial charge is 0.246 e. The molecule has 220 valence electrons. The van der Waals surface area contributed by atoms with Crippen LogP contribution in [0.4, 0.5) is 0 Å². The number of likely N-dealkylation sites (tertiary alicyclic amines) is 1. The Morgan fingerprint density at radius 3 is 2.51 bits per heavy atom. The van der Waals surface area contributed by atoms with E-state index in [1.165, 1.54) is 0 Å². The van der Waals surface area contributed by atoms with Crippen molar-refractivity contribution < 1.29 is 19.2 Å². The van der Waals surface area contributed by atoms with Gasteiger partial charge in [0.05, 0.1) is 6.07 Å². The molecule has 41 heavy (non-hydrogen) atoms. The van der Waals surface area contributed by atoms with Crippen molar-refractivity contribution in [2.45, 2.75) is 77.9 Å². The van der Waals surface area contributed by atoms with Gasteiger partial charge in [-0.25, -0.2) is 0 Å². The second kappa shape index (κ2) is 10.6. The molecule has 10 heteroatoms. The summed E-state index contributed by atoms with van der Waals surface area (Å²) in [5.74, 6) is -1.38. The van der Waals surface area contributed by atoms with E-state index >= 15 is 0 Å². The van der Waals surface area contributed by atoms with Gasteiger partial charge in [0.25, 0.3) is 0 Å². The molecule has 2 saturated heterocycles. The summed E-state index contributed by atoms with van der Waals surface area (Å²) < 4.78 is 0. The van der Waals surface area contributed by atoms with Gasteiger partial charge in [-0.05, 0) is 59.5 Å². The minimum absolute atomic E-state index is 0.0167. The zero-order chi connectivity index (χ0) is 29.9. The molecule has 1 aromatic carbocycles. The highest BCUT2D eigenvalue weighted by atomic mass is 35.5. The van der Waals surface area contributed by atoms with Gasteiger partial charge in [-0.15, -0.1) is 0 Å². The number of halogens is 1. The molecule has 0 aromatic heterocycles. The molecule has 0 radical (unpaired) electrons. The molecule has 2 aliphatic heterocycles. The van der Waals surface area contributed by atoms with Crippen molar-refractivity contribution in [3.05, 3.63) is 34.9 Å². The second-order valence-electron chi connectivity index (χ2n) is 13.9. The molecule has 1 aromatic rings. The Balaban J connectivity index is 1.30. The number of carbonyl (C=O) groups is 4. The lowest BCUT2D eigenvalue weighted by Crippen LogP contribution is -2.60. The average molecular weight is 582 g/mol. The van der Waals surface area contributed by atoms with Crippen LogP contribution >= 0.6 is 11.6 Å². The van der Waals surface area contributed by atoms with Crippen LogP contribution in [0.3, 0.4) is 0 Å². The molecule has 4 amide bonds. The first kappa shape index (κ1) is 29.4. The number of rotatable bonds is 8. The maximum Gasteiger partial charge on any atom is 0.246 e. The Morgan fingerprint density at radius 2 is 1.90 bits per heavy atom. The van der Waals surface area contributed by atoms with Gasteiger partial charge in [0.15, 0.2) is 0 Å². The second-order valence-corrected chi connectivity index (χ2v) is 14.3. The molecule has 4 fully saturated rings. The molecular weight excluding hydrogens is 542 g/mol. The summed E-state index contributed by atoms with van der Waals surface area (Å²) in [7, 11) is 0. The van der Waals surface area contributed by atoms with E-state index in [4.69, 9.17) is 11.6 Å². The first-order valence-corrected chi connectivity index (χ1v) is 15.0. The third-order valence-corrected chi connectivity index (χ3v) is 10.1. The Bertz CT molecular complexity index is 1300. The van der Waals surface area contributed by atoms with Gasteiger partial charge in [-0.2, -0.15) is 5.26 Å². The molecule has 2 heterocycles. The van der Waals surface area contributed by atoms with Crippen LogP contribution in [0, 0.1) is 45.8 Å². The summed E-state index contributed by atoms with van der Waals surface area (Å²) >= 11 is 6.36. The lowest BCUT2D eigenvalue weighted by molar-refractivity contribution is -0.145. The molecule has 4 aliphatic rings. The number of benzene rings is 1. The fraction of sp³-hybridized carbons (Fsp3) is 0.645. The van der Waals surface area contributed by atoms with Crippen LogP contribution in [0.5, 0.6) is 0 Å². The molecule has 0 spiro atoms. The Morgan fingerprint density at radius 1 is 1.20 bits per heavy atom. The van der Waals surface area contributed by atoms with Crippen molar-refractivity contribution in [2.24, 2.45) is 34.5 Å². The van der Waals surface area contributed by atoms with Crippen molar-refractivity contribution >= 4 is 35.2 Å². The summed E-state index contributed by atoms with van der Waals surface area (Å²) in [6, 6.07) is 7.24. The number of hydrogen-bond acceptors (Lipinski definition) is 5. The summed E-state index contributed by atoms with van der Waals surface area (Å²) in [5.41, 5.74) is 0.229. The maximum absolute atomic E-state index is 14.1. The van der Waals surface area contributed by atoms with E-state index in [-0.39, 0.29) is 65.1 Å². The normalized spacial score (nSPS) is 30.9. The number of nitrogens with one attached hydrogen (secondary N) is 3. The molecule has 0 bridgehead atoms. The van der Waals surface area contributed by atoms with Crippen molar-refractivity contribution in [3.8, 4) is 6.07 Å². The zero-order valence-electron chi connectivity index (χ0n) is 24.4. The highest BCUT2D eigenvalue weighted by Gasteiger charge is 2.70. The first-order chi connectivity index (χ1) is 19.3. The van der Waals surface area contributed by atoms with Crippen LogP contribution in [0.1, 0.15) is 65.4 Å². The zero-order valence-corrected chi connectivity index (χ0v) is 25.1. The minimum Gasteiger partial charge on any atom is -0.356 e. The summed E-state index contributed by atoms with van der Waals surface area (Å²) in [6.07, 6.45) is 1.53. The van der Waals surface area contributed by atoms with Gasteiger partial charge in [-0.1, -0.05) is 64.4 Å². The number of carbonyl (C=O) groups excluding carboxylic acids is 4. The van der Waals surface area contributed by atoms with Crippen molar-refractivity contribution in [3.63, 3.8) is 0 Å². The van der Waals surface area contributed by atoms with Crippen molar-refractivity contribution in [2.75, 3.05) is 13.1 Å². The minimum atomic E-state index is -0.830. The molecule has 2 aliphatic carbocycles. The highest BCUT2D eigenvalue weighted by Crippen LogP contribution is 2.65. The maximum atomic E-state index is 14.1. The largest absolute Gasteiger partial charge is 0.356 e. The number of fused-ring (bicyclic) bond motifs is 1. The van der Waals surface area contributed by atoms with E-state index in [1.807, 2.05) is 45.0 Å². The molecule has 5 rings (SSSR count). The number of hydrogen-bond donors (Lipinski definition) is 3. The Kier molecular flexibility index (Phi) is 7.60. The predicted octanol–water partition coefficient (Wildman–Crippen LogP) is 2.99. The quantitative estimate of drug-likeness (QED) is 0.434. The molecule has 8 unspecified atom stereocenters. The van der Waals surface area contributed by atoms with Crippen molar-refractivity contribution in [1.82, 2.24) is 20.9 Å². The number of amides is 4. The van der Waals surface area contributed by atoms with Crippen LogP contribution in [-0.2, 0) is 19.2 Å². The topological polar surface area (TPSA) is 131 Å². The van der Waals surface area contributed by atoms with Crippen LogP contribution in [0.15, 0.2) is 24.3 Å². The van der Waals surface area contributed by atoms with Crippen molar-refractivity contribution in [1.29, 1.82) is 5.26 Å². The van der Waals surface area contributed by atoms with Gasteiger partial charge in [0.2, 0.25) is 23.6 Å². The Hall–Kier alpha value is -3.12. The third kappa shape index (κ3) is 5.55. The first-order valence-electron chi connectivity index (χ1n) is 14.6. The van der Waals surface area contributed by atoms with Crippen LogP contribution in [0.25, 0.3) is 0 Å². The standard InChI is InChI=1S/C31H40ClN5O4/c1-30(2,3)25(36-27(39)20-13-19(20)18-8-6-7-9-22(18)32)29(41)37-15-21-23(31(21,4)5)24(37)28(40)35-17(14-33)12-16-10-11-34-26(16)38/h6-9,16-17,19-21,23-25H,10-13,15H2,1-5H3,(H,34,38)(H,35,40)(H,36,39). The van der Waals surface area contributed by atoms with Gasteiger partial charge in [0.1, 0.15) is 18.1 Å². The Labute approximate surface area is 246 Å². The lowest BCUT2D eigenvalue weighted by Gasteiger charge is -2.38. The summed E-state index contributed by atoms with van der Waals surface area (Å²) in [6.45, 7) is 10.9. The number of piperidine rings is 1. The van der Waals surface area contributed by atoms with E-state index in [9.17, 15) is 24.4 Å². The number of nitrogens with zero attached hydrogens (tertiary/aromatic N) is 2. The van der Waals surface area contributed by atoms with Crippen LogP contribution < -0.4 is 16.0 Å². The van der Waals surface area contributed by atoms with E-state index in [0.717, 1.165) is 5.56 Å².